The van der Waals surface area contributed by atoms with Crippen molar-refractivity contribution in [3.8, 4) is 5.75 Å². The van der Waals surface area contributed by atoms with Gasteiger partial charge < -0.3 is 10.1 Å². The number of hydrogen-bond acceptors (Lipinski definition) is 3. The summed E-state index contributed by atoms with van der Waals surface area (Å²) >= 11 is 0. The molecule has 0 saturated carbocycles. The molecule has 1 N–H and O–H groups in total. The summed E-state index contributed by atoms with van der Waals surface area (Å²) in [5, 5.41) is 3.15. The molecule has 1 heterocycles. The van der Waals surface area contributed by atoms with E-state index in [0.29, 0.717) is 5.75 Å². The number of nitrogens with zero attached hydrogens (tertiary/aromatic N) is 1. The van der Waals surface area contributed by atoms with E-state index in [0.717, 1.165) is 16.8 Å². The third-order valence-electron chi connectivity index (χ3n) is 3.02. The van der Waals surface area contributed by atoms with Crippen LogP contribution >= 0.6 is 0 Å². The van der Waals surface area contributed by atoms with Crippen molar-refractivity contribution in [3.63, 3.8) is 0 Å². The van der Waals surface area contributed by atoms with Gasteiger partial charge in [0.1, 0.15) is 11.6 Å². The lowest BCUT2D eigenvalue weighted by molar-refractivity contribution is 0.403. The summed E-state index contributed by atoms with van der Waals surface area (Å²) in [5.41, 5.74) is 2.69. The molecule has 0 saturated heterocycles. The molecule has 3 nitrogen and oxygen atoms in total. The molecule has 0 aliphatic carbocycles. The highest BCUT2D eigenvalue weighted by Gasteiger charge is 2.18. The van der Waals surface area contributed by atoms with Crippen molar-refractivity contribution in [1.82, 2.24) is 10.3 Å². The van der Waals surface area contributed by atoms with E-state index >= 15 is 0 Å². The van der Waals surface area contributed by atoms with E-state index in [1.54, 1.807) is 19.4 Å². The van der Waals surface area contributed by atoms with Gasteiger partial charge in [0.2, 0.25) is 0 Å². The van der Waals surface area contributed by atoms with Crippen LogP contribution in [-0.4, -0.2) is 19.1 Å². The van der Waals surface area contributed by atoms with E-state index < -0.39 is 0 Å². The van der Waals surface area contributed by atoms with Crippen LogP contribution in [0.15, 0.2) is 36.5 Å². The number of benzene rings is 1. The quantitative estimate of drug-likeness (QED) is 0.918. The van der Waals surface area contributed by atoms with E-state index in [1.165, 1.54) is 12.1 Å². The Morgan fingerprint density at radius 1 is 1.26 bits per heavy atom. The van der Waals surface area contributed by atoms with E-state index in [2.05, 4.69) is 10.3 Å². The number of rotatable bonds is 4. The zero-order chi connectivity index (χ0) is 13.8. The maximum atomic E-state index is 13.5. The van der Waals surface area contributed by atoms with Crippen LogP contribution in [0.5, 0.6) is 5.75 Å². The first-order valence-corrected chi connectivity index (χ1v) is 6.09. The molecular weight excluding hydrogens is 243 g/mol. The van der Waals surface area contributed by atoms with Gasteiger partial charge in [-0.05, 0) is 49.9 Å². The number of nitrogens with one attached hydrogen (secondary N) is 1. The molecule has 1 aromatic carbocycles. The van der Waals surface area contributed by atoms with Crippen LogP contribution in [0.3, 0.4) is 0 Å². The third-order valence-corrected chi connectivity index (χ3v) is 3.02. The van der Waals surface area contributed by atoms with Crippen LogP contribution in [0, 0.1) is 12.7 Å². The first kappa shape index (κ1) is 13.5. The molecule has 0 amide bonds. The minimum absolute atomic E-state index is 0.203. The third kappa shape index (κ3) is 2.90. The summed E-state index contributed by atoms with van der Waals surface area (Å²) < 4.78 is 18.8. The van der Waals surface area contributed by atoms with Crippen molar-refractivity contribution < 1.29 is 9.13 Å². The maximum Gasteiger partial charge on any atom is 0.124 e. The normalized spacial score (nSPS) is 12.2. The van der Waals surface area contributed by atoms with Gasteiger partial charge in [0.15, 0.2) is 0 Å². The Balaban J connectivity index is 2.50. The highest BCUT2D eigenvalue weighted by molar-refractivity contribution is 5.40. The lowest BCUT2D eigenvalue weighted by atomic mass is 10.0. The average molecular weight is 260 g/mol. The van der Waals surface area contributed by atoms with Crippen LogP contribution in [0.2, 0.25) is 0 Å². The number of methoxy groups -OCH3 is 1. The highest BCUT2D eigenvalue weighted by atomic mass is 19.1. The van der Waals surface area contributed by atoms with Crippen molar-refractivity contribution in [2.24, 2.45) is 0 Å². The summed E-state index contributed by atoms with van der Waals surface area (Å²) in [6, 6.07) is 8.20. The molecule has 100 valence electrons. The standard InChI is InChI=1S/C15H17FN2O/c1-10-6-7-18-13(8-10)15(17-2)12-9-11(16)4-5-14(12)19-3/h4-9,15,17H,1-3H3. The van der Waals surface area contributed by atoms with Gasteiger partial charge in [-0.2, -0.15) is 0 Å². The Morgan fingerprint density at radius 2 is 2.05 bits per heavy atom. The van der Waals surface area contributed by atoms with Crippen molar-refractivity contribution in [1.29, 1.82) is 0 Å². The molecule has 4 heteroatoms. The molecule has 19 heavy (non-hydrogen) atoms. The van der Waals surface area contributed by atoms with Gasteiger partial charge in [0.05, 0.1) is 18.8 Å². The molecule has 0 spiro atoms. The van der Waals surface area contributed by atoms with Gasteiger partial charge in [-0.1, -0.05) is 0 Å². The Kier molecular flexibility index (Phi) is 4.12. The number of ether oxygens (including phenoxy) is 1. The van der Waals surface area contributed by atoms with Gasteiger partial charge in [-0.15, -0.1) is 0 Å². The second-order valence-corrected chi connectivity index (χ2v) is 4.37. The van der Waals surface area contributed by atoms with Crippen molar-refractivity contribution in [3.05, 3.63) is 59.2 Å². The summed E-state index contributed by atoms with van der Waals surface area (Å²) in [4.78, 5) is 4.35. The molecule has 2 rings (SSSR count). The van der Waals surface area contributed by atoms with E-state index in [4.69, 9.17) is 4.74 Å². The maximum absolute atomic E-state index is 13.5. The number of aromatic nitrogens is 1. The van der Waals surface area contributed by atoms with Crippen molar-refractivity contribution in [2.75, 3.05) is 14.2 Å². The largest absolute Gasteiger partial charge is 0.496 e. The lowest BCUT2D eigenvalue weighted by Crippen LogP contribution is -2.20. The fourth-order valence-corrected chi connectivity index (χ4v) is 2.11. The molecule has 0 radical (unpaired) electrons. The van der Waals surface area contributed by atoms with Crippen LogP contribution in [0.1, 0.15) is 22.9 Å². The molecule has 0 bridgehead atoms. The lowest BCUT2D eigenvalue weighted by Gasteiger charge is -2.19. The van der Waals surface area contributed by atoms with Gasteiger partial charge in [-0.3, -0.25) is 4.98 Å². The minimum atomic E-state index is -0.288. The zero-order valence-electron chi connectivity index (χ0n) is 11.3. The SMILES string of the molecule is CNC(c1cc(C)ccn1)c1cc(F)ccc1OC. The number of pyridine rings is 1. The Hall–Kier alpha value is -1.94. The molecule has 1 aromatic heterocycles. The number of aryl methyl sites for hydroxylation is 1. The first-order valence-electron chi connectivity index (χ1n) is 6.09. The monoisotopic (exact) mass is 260 g/mol. The number of hydrogen-bond donors (Lipinski definition) is 1. The topological polar surface area (TPSA) is 34.2 Å². The molecule has 1 unspecified atom stereocenters. The molecule has 0 aliphatic rings. The summed E-state index contributed by atoms with van der Waals surface area (Å²) in [7, 11) is 3.39. The molecule has 2 aromatic rings. The Morgan fingerprint density at radius 3 is 2.68 bits per heavy atom. The van der Waals surface area contributed by atoms with Gasteiger partial charge in [0.25, 0.3) is 0 Å². The fourth-order valence-electron chi connectivity index (χ4n) is 2.11. The van der Waals surface area contributed by atoms with Gasteiger partial charge in [-0.25, -0.2) is 4.39 Å². The van der Waals surface area contributed by atoms with Crippen LogP contribution in [0.25, 0.3) is 0 Å². The first-order chi connectivity index (χ1) is 9.15. The van der Waals surface area contributed by atoms with E-state index in [1.807, 2.05) is 26.1 Å². The fraction of sp³-hybridized carbons (Fsp3) is 0.267. The second kappa shape index (κ2) is 5.80. The van der Waals surface area contributed by atoms with Gasteiger partial charge in [0, 0.05) is 11.8 Å². The van der Waals surface area contributed by atoms with E-state index in [9.17, 15) is 4.39 Å². The summed E-state index contributed by atoms with van der Waals surface area (Å²) in [6.07, 6.45) is 1.75. The molecule has 0 aliphatic heterocycles. The zero-order valence-corrected chi connectivity index (χ0v) is 11.3. The Bertz CT molecular complexity index is 572. The average Bonchev–Trinajstić information content (AvgIpc) is 2.40. The smallest absolute Gasteiger partial charge is 0.124 e. The predicted octanol–water partition coefficient (Wildman–Crippen LogP) is 2.85. The molecule has 1 atom stereocenters. The summed E-state index contributed by atoms with van der Waals surface area (Å²) in [6.45, 7) is 2.00. The van der Waals surface area contributed by atoms with Gasteiger partial charge >= 0.3 is 0 Å². The second-order valence-electron chi connectivity index (χ2n) is 4.37. The molecule has 0 fully saturated rings. The van der Waals surface area contributed by atoms with Crippen LogP contribution < -0.4 is 10.1 Å². The van der Waals surface area contributed by atoms with Crippen LogP contribution in [-0.2, 0) is 0 Å². The highest BCUT2D eigenvalue weighted by Crippen LogP contribution is 2.29. The number of halogens is 1. The van der Waals surface area contributed by atoms with E-state index in [-0.39, 0.29) is 11.9 Å². The Labute approximate surface area is 112 Å². The predicted molar refractivity (Wildman–Crippen MR) is 72.8 cm³/mol. The molecular formula is C15H17FN2O. The summed E-state index contributed by atoms with van der Waals surface area (Å²) in [5.74, 6) is 0.354. The van der Waals surface area contributed by atoms with Crippen LogP contribution in [0.4, 0.5) is 4.39 Å². The van der Waals surface area contributed by atoms with Crippen molar-refractivity contribution in [2.45, 2.75) is 13.0 Å². The minimum Gasteiger partial charge on any atom is -0.496 e. The van der Waals surface area contributed by atoms with Crippen molar-refractivity contribution >= 4 is 0 Å².